The summed E-state index contributed by atoms with van der Waals surface area (Å²) in [6, 6.07) is 1.76. The molecule has 1 aromatic rings. The number of hydrogen-bond acceptors (Lipinski definition) is 4. The van der Waals surface area contributed by atoms with Crippen LogP contribution >= 0.6 is 11.3 Å². The zero-order valence-corrected chi connectivity index (χ0v) is 14.3. The first-order valence-electron chi connectivity index (χ1n) is 7.72. The van der Waals surface area contributed by atoms with E-state index in [4.69, 9.17) is 5.73 Å². The smallest absolute Gasteiger partial charge is 0.250 e. The van der Waals surface area contributed by atoms with Crippen molar-refractivity contribution in [3.63, 3.8) is 0 Å². The van der Waals surface area contributed by atoms with Crippen molar-refractivity contribution < 1.29 is 8.42 Å². The minimum atomic E-state index is -3.41. The van der Waals surface area contributed by atoms with Gasteiger partial charge in [0.05, 0.1) is 0 Å². The number of hydrogen-bond donors (Lipinski definition) is 2. The first-order chi connectivity index (χ1) is 9.90. The van der Waals surface area contributed by atoms with E-state index in [-0.39, 0.29) is 6.04 Å². The van der Waals surface area contributed by atoms with E-state index >= 15 is 0 Å². The summed E-state index contributed by atoms with van der Waals surface area (Å²) in [5.41, 5.74) is 6.61. The number of fused-ring (bicyclic) bond motifs is 2. The van der Waals surface area contributed by atoms with E-state index < -0.39 is 10.0 Å². The predicted molar refractivity (Wildman–Crippen MR) is 85.7 cm³/mol. The molecule has 2 aliphatic rings. The minimum absolute atomic E-state index is 0.0223. The highest BCUT2D eigenvalue weighted by Crippen LogP contribution is 2.49. The van der Waals surface area contributed by atoms with Crippen LogP contribution in [0.15, 0.2) is 10.3 Å². The molecule has 6 heteroatoms. The maximum absolute atomic E-state index is 12.5. The highest BCUT2D eigenvalue weighted by molar-refractivity contribution is 7.91. The number of sulfonamides is 1. The standard InChI is InChI=1S/C15H24N2O2S2/c1-9-5-15(20-14(9)8-16)21(18,19)17-10(2)13-7-11-3-4-12(13)6-11/h5,10-13,17H,3-4,6-8,16H2,1-2H3. The summed E-state index contributed by atoms with van der Waals surface area (Å²) in [6.07, 6.45) is 5.10. The molecule has 21 heavy (non-hydrogen) atoms. The SMILES string of the molecule is Cc1cc(S(=O)(=O)NC(C)C2CC3CCC2C3)sc1CN. The largest absolute Gasteiger partial charge is 0.326 e. The molecule has 2 aliphatic carbocycles. The topological polar surface area (TPSA) is 72.2 Å². The van der Waals surface area contributed by atoms with Crippen molar-refractivity contribution in [2.45, 2.75) is 56.3 Å². The zero-order valence-electron chi connectivity index (χ0n) is 12.6. The second-order valence-corrected chi connectivity index (χ2v) is 9.70. The van der Waals surface area contributed by atoms with Gasteiger partial charge in [0.25, 0.3) is 0 Å². The van der Waals surface area contributed by atoms with Crippen molar-refractivity contribution in [1.29, 1.82) is 0 Å². The van der Waals surface area contributed by atoms with Crippen LogP contribution in [0.4, 0.5) is 0 Å². The molecule has 3 rings (SSSR count). The van der Waals surface area contributed by atoms with Gasteiger partial charge in [-0.2, -0.15) is 0 Å². The Morgan fingerprint density at radius 2 is 2.19 bits per heavy atom. The zero-order chi connectivity index (χ0) is 15.2. The Labute approximate surface area is 131 Å². The van der Waals surface area contributed by atoms with E-state index in [1.807, 2.05) is 13.8 Å². The summed E-state index contributed by atoms with van der Waals surface area (Å²) in [5, 5.41) is 0. The molecule has 4 unspecified atom stereocenters. The molecule has 4 nitrogen and oxygen atoms in total. The van der Waals surface area contributed by atoms with Gasteiger partial charge in [0.2, 0.25) is 10.0 Å². The summed E-state index contributed by atoms with van der Waals surface area (Å²) in [4.78, 5) is 0.947. The van der Waals surface area contributed by atoms with Crippen LogP contribution in [-0.2, 0) is 16.6 Å². The third-order valence-corrected chi connectivity index (χ3v) is 8.52. The third kappa shape index (κ3) is 2.91. The lowest BCUT2D eigenvalue weighted by Crippen LogP contribution is -2.39. The molecule has 0 spiro atoms. The van der Waals surface area contributed by atoms with Crippen molar-refractivity contribution in [3.05, 3.63) is 16.5 Å². The lowest BCUT2D eigenvalue weighted by Gasteiger charge is -2.28. The van der Waals surface area contributed by atoms with E-state index in [9.17, 15) is 8.42 Å². The van der Waals surface area contributed by atoms with Gasteiger partial charge in [0.1, 0.15) is 4.21 Å². The maximum Gasteiger partial charge on any atom is 0.250 e. The van der Waals surface area contributed by atoms with Crippen LogP contribution in [0.25, 0.3) is 0 Å². The molecule has 0 aliphatic heterocycles. The van der Waals surface area contributed by atoms with Crippen molar-refractivity contribution in [2.75, 3.05) is 0 Å². The van der Waals surface area contributed by atoms with Gasteiger partial charge in [-0.3, -0.25) is 0 Å². The quantitative estimate of drug-likeness (QED) is 0.873. The van der Waals surface area contributed by atoms with Gasteiger partial charge >= 0.3 is 0 Å². The van der Waals surface area contributed by atoms with Gasteiger partial charge in [0.15, 0.2) is 0 Å². The van der Waals surface area contributed by atoms with Crippen LogP contribution in [0.5, 0.6) is 0 Å². The number of rotatable bonds is 5. The molecule has 1 heterocycles. The van der Waals surface area contributed by atoms with E-state index in [0.29, 0.717) is 16.7 Å². The normalized spacial score (nSPS) is 30.0. The first-order valence-corrected chi connectivity index (χ1v) is 10.0. The van der Waals surface area contributed by atoms with Gasteiger partial charge in [0, 0.05) is 17.5 Å². The van der Waals surface area contributed by atoms with Crippen LogP contribution in [0.2, 0.25) is 0 Å². The summed E-state index contributed by atoms with van der Waals surface area (Å²) < 4.78 is 28.4. The fraction of sp³-hybridized carbons (Fsp3) is 0.733. The molecule has 0 amide bonds. The highest BCUT2D eigenvalue weighted by atomic mass is 32.2. The van der Waals surface area contributed by atoms with Gasteiger partial charge in [-0.05, 0) is 62.5 Å². The fourth-order valence-electron chi connectivity index (χ4n) is 4.12. The second-order valence-electron chi connectivity index (χ2n) is 6.62. The van der Waals surface area contributed by atoms with Crippen molar-refractivity contribution in [3.8, 4) is 0 Å². The first kappa shape index (κ1) is 15.5. The molecular weight excluding hydrogens is 304 g/mol. The Morgan fingerprint density at radius 3 is 2.71 bits per heavy atom. The van der Waals surface area contributed by atoms with Crippen molar-refractivity contribution in [2.24, 2.45) is 23.5 Å². The monoisotopic (exact) mass is 328 g/mol. The molecule has 118 valence electrons. The van der Waals surface area contributed by atoms with Gasteiger partial charge in [-0.25, -0.2) is 13.1 Å². The molecule has 2 saturated carbocycles. The summed E-state index contributed by atoms with van der Waals surface area (Å²) >= 11 is 1.29. The van der Waals surface area contributed by atoms with Crippen molar-refractivity contribution in [1.82, 2.24) is 4.72 Å². The minimum Gasteiger partial charge on any atom is -0.326 e. The molecule has 3 N–H and O–H groups in total. The summed E-state index contributed by atoms with van der Waals surface area (Å²) in [6.45, 7) is 4.33. The van der Waals surface area contributed by atoms with Gasteiger partial charge in [-0.1, -0.05) is 6.42 Å². The molecule has 2 bridgehead atoms. The molecule has 1 aromatic heterocycles. The number of thiophene rings is 1. The average Bonchev–Trinajstić information content (AvgIpc) is 3.12. The average molecular weight is 329 g/mol. The highest BCUT2D eigenvalue weighted by Gasteiger charge is 2.42. The fourth-order valence-corrected chi connectivity index (χ4v) is 6.90. The summed E-state index contributed by atoms with van der Waals surface area (Å²) in [7, 11) is -3.41. The number of nitrogens with two attached hydrogens (primary N) is 1. The van der Waals surface area contributed by atoms with Crippen LogP contribution in [-0.4, -0.2) is 14.5 Å². The lowest BCUT2D eigenvalue weighted by atomic mass is 9.84. The van der Waals surface area contributed by atoms with E-state index in [1.54, 1.807) is 6.07 Å². The summed E-state index contributed by atoms with van der Waals surface area (Å²) in [5.74, 6) is 2.06. The Hall–Kier alpha value is -0.430. The van der Waals surface area contributed by atoms with E-state index in [0.717, 1.165) is 22.3 Å². The Bertz CT molecular complexity index is 624. The Balaban J connectivity index is 1.73. The Kier molecular flexibility index (Phi) is 4.16. The van der Waals surface area contributed by atoms with E-state index in [2.05, 4.69) is 4.72 Å². The third-order valence-electron chi connectivity index (χ3n) is 5.22. The molecule has 0 aromatic carbocycles. The molecular formula is C15H24N2O2S2. The number of aryl methyl sites for hydroxylation is 1. The predicted octanol–water partition coefficient (Wildman–Crippen LogP) is 2.62. The number of nitrogens with one attached hydrogen (secondary N) is 1. The lowest BCUT2D eigenvalue weighted by molar-refractivity contribution is 0.280. The van der Waals surface area contributed by atoms with Crippen LogP contribution in [0.3, 0.4) is 0 Å². The molecule has 2 fully saturated rings. The van der Waals surface area contributed by atoms with E-state index in [1.165, 1.54) is 37.0 Å². The van der Waals surface area contributed by atoms with Crippen molar-refractivity contribution >= 4 is 21.4 Å². The van der Waals surface area contributed by atoms with Gasteiger partial charge < -0.3 is 5.73 Å². The van der Waals surface area contributed by atoms with Gasteiger partial charge in [-0.15, -0.1) is 11.3 Å². The molecule has 0 saturated heterocycles. The second kappa shape index (κ2) is 5.65. The Morgan fingerprint density at radius 1 is 1.43 bits per heavy atom. The maximum atomic E-state index is 12.5. The van der Waals surface area contributed by atoms with Crippen LogP contribution < -0.4 is 10.5 Å². The van der Waals surface area contributed by atoms with Crippen LogP contribution in [0.1, 0.15) is 43.0 Å². The molecule has 4 atom stereocenters. The molecule has 0 radical (unpaired) electrons. The van der Waals surface area contributed by atoms with Crippen LogP contribution in [0, 0.1) is 24.7 Å².